The molecule has 172 valence electrons. The van der Waals surface area contributed by atoms with E-state index in [0.717, 1.165) is 11.4 Å². The van der Waals surface area contributed by atoms with Crippen LogP contribution in [-0.2, 0) is 11.2 Å². The molecule has 33 heavy (non-hydrogen) atoms. The van der Waals surface area contributed by atoms with Gasteiger partial charge in [0.2, 0.25) is 0 Å². The smallest absolute Gasteiger partial charge is 0.475 e. The van der Waals surface area contributed by atoms with Gasteiger partial charge in [0, 0.05) is 6.42 Å². The van der Waals surface area contributed by atoms with Gasteiger partial charge in [-0.3, -0.25) is 4.99 Å². The summed E-state index contributed by atoms with van der Waals surface area (Å²) in [6.45, 7) is 0. The van der Waals surface area contributed by atoms with Crippen molar-refractivity contribution in [3.8, 4) is 0 Å². The molecule has 0 spiro atoms. The van der Waals surface area contributed by atoms with Gasteiger partial charge < -0.3 is 10.4 Å². The Morgan fingerprint density at radius 2 is 1.36 bits per heavy atom. The average molecular weight is 458 g/mol. The van der Waals surface area contributed by atoms with Crippen LogP contribution >= 0.6 is 0 Å². The fourth-order valence-electron chi connectivity index (χ4n) is 3.47. The number of hydrogen-bond donors (Lipinski definition) is 2. The monoisotopic (exact) mass is 458 g/mol. The molecule has 0 saturated heterocycles. The number of carboxylic acids is 1. The van der Waals surface area contributed by atoms with Crippen molar-refractivity contribution in [1.82, 2.24) is 5.32 Å². The van der Waals surface area contributed by atoms with Gasteiger partial charge in [0.15, 0.2) is 0 Å². The second-order valence-corrected chi connectivity index (χ2v) is 7.36. The molecule has 2 atom stereocenters. The lowest BCUT2D eigenvalue weighted by Crippen LogP contribution is -2.24. The summed E-state index contributed by atoms with van der Waals surface area (Å²) in [6.07, 6.45) is -3.74. The van der Waals surface area contributed by atoms with Crippen molar-refractivity contribution in [2.75, 3.05) is 0 Å². The summed E-state index contributed by atoms with van der Waals surface area (Å²) in [5, 5.41) is 10.7. The van der Waals surface area contributed by atoms with E-state index in [9.17, 15) is 17.6 Å². The summed E-state index contributed by atoms with van der Waals surface area (Å²) in [4.78, 5) is 13.8. The van der Waals surface area contributed by atoms with E-state index in [4.69, 9.17) is 14.9 Å². The molecule has 4 rings (SSSR count). The Bertz CT molecular complexity index is 1090. The highest BCUT2D eigenvalue weighted by molar-refractivity contribution is 5.85. The maximum absolute atomic E-state index is 13.9. The molecule has 8 heteroatoms. The molecule has 1 heterocycles. The molecule has 3 aromatic rings. The standard InChI is InChI=1S/C23H21FN2.C2HF3O2/c24-20-14-8-7-9-17(20)15-16-21-25-22(18-10-3-1-4-11-18)23(26-21)19-12-5-2-6-13-19;3-2(4,5)1(6)7/h1-14,22-23H,15-16H2,(H,25,26);(H,6,7)/t22-,23+;. The van der Waals surface area contributed by atoms with Crippen LogP contribution in [0.5, 0.6) is 0 Å². The number of hydrogen-bond acceptors (Lipinski definition) is 3. The molecule has 1 aliphatic heterocycles. The number of benzene rings is 3. The van der Waals surface area contributed by atoms with Gasteiger partial charge in [0.1, 0.15) is 11.9 Å². The van der Waals surface area contributed by atoms with E-state index in [2.05, 4.69) is 41.7 Å². The lowest BCUT2D eigenvalue weighted by atomic mass is 9.95. The van der Waals surface area contributed by atoms with Crippen LogP contribution in [-0.4, -0.2) is 23.1 Å². The van der Waals surface area contributed by atoms with E-state index in [1.54, 1.807) is 6.07 Å². The summed E-state index contributed by atoms with van der Waals surface area (Å²) < 4.78 is 45.6. The Morgan fingerprint density at radius 1 is 0.848 bits per heavy atom. The Hall–Kier alpha value is -3.68. The summed E-state index contributed by atoms with van der Waals surface area (Å²) in [7, 11) is 0. The number of nitrogens with one attached hydrogen (secondary N) is 1. The van der Waals surface area contributed by atoms with Crippen LogP contribution in [0, 0.1) is 5.82 Å². The largest absolute Gasteiger partial charge is 0.490 e. The molecule has 0 amide bonds. The molecule has 0 saturated carbocycles. The number of aliphatic imine (C=N–C) groups is 1. The van der Waals surface area contributed by atoms with Crippen LogP contribution < -0.4 is 5.32 Å². The molecule has 0 bridgehead atoms. The number of rotatable bonds is 5. The number of aryl methyl sites for hydroxylation is 1. The average Bonchev–Trinajstić information content (AvgIpc) is 3.24. The molecule has 4 nitrogen and oxygen atoms in total. The molecule has 2 N–H and O–H groups in total. The van der Waals surface area contributed by atoms with Gasteiger partial charge in [0.05, 0.1) is 11.9 Å². The van der Waals surface area contributed by atoms with Gasteiger partial charge in [-0.15, -0.1) is 0 Å². The fourth-order valence-corrected chi connectivity index (χ4v) is 3.47. The molecule has 0 aliphatic carbocycles. The molecular formula is C25H22F4N2O2. The van der Waals surface area contributed by atoms with Crippen LogP contribution in [0.2, 0.25) is 0 Å². The number of nitrogens with zero attached hydrogens (tertiary/aromatic N) is 1. The van der Waals surface area contributed by atoms with E-state index in [0.29, 0.717) is 12.8 Å². The van der Waals surface area contributed by atoms with Crippen LogP contribution in [0.1, 0.15) is 35.2 Å². The minimum absolute atomic E-state index is 0.0363. The minimum Gasteiger partial charge on any atom is -0.475 e. The first kappa shape index (κ1) is 24.0. The van der Waals surface area contributed by atoms with E-state index >= 15 is 0 Å². The first-order valence-corrected chi connectivity index (χ1v) is 10.2. The first-order chi connectivity index (χ1) is 15.8. The first-order valence-electron chi connectivity index (χ1n) is 10.2. The van der Waals surface area contributed by atoms with Crippen LogP contribution in [0.3, 0.4) is 0 Å². The normalized spacial score (nSPS) is 17.4. The van der Waals surface area contributed by atoms with E-state index in [1.165, 1.54) is 17.2 Å². The van der Waals surface area contributed by atoms with Crippen LogP contribution in [0.4, 0.5) is 17.6 Å². The molecule has 1 aliphatic rings. The van der Waals surface area contributed by atoms with Crippen molar-refractivity contribution in [3.05, 3.63) is 107 Å². The lowest BCUT2D eigenvalue weighted by molar-refractivity contribution is -0.192. The Morgan fingerprint density at radius 3 is 1.91 bits per heavy atom. The van der Waals surface area contributed by atoms with Gasteiger partial charge in [-0.1, -0.05) is 78.9 Å². The Balaban J connectivity index is 0.000000383. The number of carboxylic acid groups (broad SMARTS) is 1. The second-order valence-electron chi connectivity index (χ2n) is 7.36. The third-order valence-electron chi connectivity index (χ3n) is 5.06. The molecule has 0 aromatic heterocycles. The van der Waals surface area contributed by atoms with Gasteiger partial charge in [0.25, 0.3) is 0 Å². The van der Waals surface area contributed by atoms with Gasteiger partial charge >= 0.3 is 12.1 Å². The van der Waals surface area contributed by atoms with E-state index in [1.807, 2.05) is 36.4 Å². The molecule has 3 aromatic carbocycles. The van der Waals surface area contributed by atoms with Crippen molar-refractivity contribution in [1.29, 1.82) is 0 Å². The van der Waals surface area contributed by atoms with Crippen LogP contribution in [0.25, 0.3) is 0 Å². The van der Waals surface area contributed by atoms with E-state index < -0.39 is 12.1 Å². The SMILES string of the molecule is Fc1ccccc1CCC1=N[C@H](c2ccccc2)[C@H](c2ccccc2)N1.O=C(O)C(F)(F)F. The summed E-state index contributed by atoms with van der Waals surface area (Å²) in [5.74, 6) is -1.96. The minimum atomic E-state index is -5.08. The van der Waals surface area contributed by atoms with Crippen LogP contribution in [0.15, 0.2) is 89.9 Å². The van der Waals surface area contributed by atoms with E-state index in [-0.39, 0.29) is 17.9 Å². The lowest BCUT2D eigenvalue weighted by Gasteiger charge is -2.19. The number of amidine groups is 1. The zero-order valence-electron chi connectivity index (χ0n) is 17.5. The molecule has 0 unspecified atom stereocenters. The topological polar surface area (TPSA) is 61.7 Å². The number of carbonyl (C=O) groups is 1. The Labute approximate surface area is 188 Å². The quantitative estimate of drug-likeness (QED) is 0.470. The maximum atomic E-state index is 13.9. The number of halogens is 4. The molecule has 0 fully saturated rings. The third kappa shape index (κ3) is 6.65. The van der Waals surface area contributed by atoms with Crippen molar-refractivity contribution < 1.29 is 27.5 Å². The number of alkyl halides is 3. The predicted octanol–water partition coefficient (Wildman–Crippen LogP) is 5.88. The maximum Gasteiger partial charge on any atom is 0.490 e. The summed E-state index contributed by atoms with van der Waals surface area (Å²) >= 11 is 0. The second kappa shape index (κ2) is 10.8. The number of aliphatic carboxylic acids is 1. The summed E-state index contributed by atoms with van der Waals surface area (Å²) in [5.41, 5.74) is 3.14. The highest BCUT2D eigenvalue weighted by Crippen LogP contribution is 2.36. The Kier molecular flexibility index (Phi) is 7.82. The highest BCUT2D eigenvalue weighted by atomic mass is 19.4. The van der Waals surface area contributed by atoms with Crippen molar-refractivity contribution in [3.63, 3.8) is 0 Å². The summed E-state index contributed by atoms with van der Waals surface area (Å²) in [6, 6.07) is 27.8. The van der Waals surface area contributed by atoms with Gasteiger partial charge in [-0.2, -0.15) is 13.2 Å². The van der Waals surface area contributed by atoms with Crippen molar-refractivity contribution in [2.24, 2.45) is 4.99 Å². The fraction of sp³-hybridized carbons (Fsp3) is 0.200. The molecular weight excluding hydrogens is 436 g/mol. The van der Waals surface area contributed by atoms with Crippen molar-refractivity contribution in [2.45, 2.75) is 31.1 Å². The predicted molar refractivity (Wildman–Crippen MR) is 117 cm³/mol. The van der Waals surface area contributed by atoms with Gasteiger partial charge in [-0.25, -0.2) is 9.18 Å². The molecule has 0 radical (unpaired) electrons. The van der Waals surface area contributed by atoms with Crippen molar-refractivity contribution >= 4 is 11.8 Å². The zero-order chi connectivity index (χ0) is 23.8. The zero-order valence-corrected chi connectivity index (χ0v) is 17.5. The van der Waals surface area contributed by atoms with Gasteiger partial charge in [-0.05, 0) is 29.2 Å². The third-order valence-corrected chi connectivity index (χ3v) is 5.06. The highest BCUT2D eigenvalue weighted by Gasteiger charge is 2.38.